The second-order valence-electron chi connectivity index (χ2n) is 5.86. The van der Waals surface area contributed by atoms with Crippen LogP contribution in [0.4, 0.5) is 18.9 Å². The number of halogens is 3. The number of carbonyl (C=O) groups is 1. The van der Waals surface area contributed by atoms with E-state index in [1.54, 1.807) is 12.3 Å². The number of fused-ring (bicyclic) bond motifs is 1. The number of nitrogens with one attached hydrogen (secondary N) is 1. The Morgan fingerprint density at radius 1 is 1.20 bits per heavy atom. The van der Waals surface area contributed by atoms with Crippen LogP contribution < -0.4 is 10.1 Å². The molecule has 0 saturated carbocycles. The quantitative estimate of drug-likeness (QED) is 0.907. The first-order valence-corrected chi connectivity index (χ1v) is 8.00. The van der Waals surface area contributed by atoms with Gasteiger partial charge in [0.05, 0.1) is 5.56 Å². The fourth-order valence-corrected chi connectivity index (χ4v) is 2.84. The molecule has 0 unspecified atom stereocenters. The molecule has 3 rings (SSSR count). The van der Waals surface area contributed by atoms with Crippen molar-refractivity contribution in [1.82, 2.24) is 4.98 Å². The van der Waals surface area contributed by atoms with Gasteiger partial charge in [0.25, 0.3) is 5.91 Å². The maximum absolute atomic E-state index is 12.7. The molecule has 25 heavy (non-hydrogen) atoms. The zero-order valence-corrected chi connectivity index (χ0v) is 13.4. The average Bonchev–Trinajstić information content (AvgIpc) is 2.59. The molecule has 0 aliphatic heterocycles. The van der Waals surface area contributed by atoms with Gasteiger partial charge in [-0.2, -0.15) is 13.2 Å². The molecule has 0 fully saturated rings. The number of nitrogens with zero attached hydrogens (tertiary/aromatic N) is 1. The highest BCUT2D eigenvalue weighted by Gasteiger charge is 2.30. The van der Waals surface area contributed by atoms with Crippen LogP contribution in [0.15, 0.2) is 36.5 Å². The topological polar surface area (TPSA) is 51.2 Å². The van der Waals surface area contributed by atoms with Gasteiger partial charge in [-0.25, -0.2) is 0 Å². The summed E-state index contributed by atoms with van der Waals surface area (Å²) in [4.78, 5) is 16.3. The molecule has 1 amide bonds. The SMILES string of the molecule is O=C(COc1ccnc2c1CCCC2)Nc1cccc(C(F)(F)F)c1. The average molecular weight is 350 g/mol. The van der Waals surface area contributed by atoms with Crippen LogP contribution in [0.25, 0.3) is 0 Å². The van der Waals surface area contributed by atoms with Crippen LogP contribution in [0.3, 0.4) is 0 Å². The van der Waals surface area contributed by atoms with Crippen LogP contribution in [0.1, 0.15) is 29.7 Å². The molecule has 4 nitrogen and oxygen atoms in total. The summed E-state index contributed by atoms with van der Waals surface area (Å²) in [6.07, 6.45) is 1.07. The lowest BCUT2D eigenvalue weighted by Gasteiger charge is -2.18. The molecule has 0 spiro atoms. The number of carbonyl (C=O) groups excluding carboxylic acids is 1. The maximum atomic E-state index is 12.7. The third kappa shape index (κ3) is 4.29. The third-order valence-electron chi connectivity index (χ3n) is 4.02. The van der Waals surface area contributed by atoms with Gasteiger partial charge in [-0.15, -0.1) is 0 Å². The molecule has 1 N–H and O–H groups in total. The molecule has 0 atom stereocenters. The van der Waals surface area contributed by atoms with Crippen LogP contribution in [0.5, 0.6) is 5.75 Å². The van der Waals surface area contributed by atoms with Crippen molar-refractivity contribution in [3.05, 3.63) is 53.3 Å². The van der Waals surface area contributed by atoms with Crippen molar-refractivity contribution < 1.29 is 22.7 Å². The Balaban J connectivity index is 1.63. The molecule has 0 radical (unpaired) electrons. The number of anilines is 1. The van der Waals surface area contributed by atoms with E-state index in [2.05, 4.69) is 10.3 Å². The predicted molar refractivity (Wildman–Crippen MR) is 86.4 cm³/mol. The Kier molecular flexibility index (Phi) is 4.92. The number of aryl methyl sites for hydroxylation is 1. The van der Waals surface area contributed by atoms with Crippen molar-refractivity contribution in [2.75, 3.05) is 11.9 Å². The zero-order chi connectivity index (χ0) is 17.9. The monoisotopic (exact) mass is 350 g/mol. The van der Waals surface area contributed by atoms with Gasteiger partial charge in [-0.3, -0.25) is 9.78 Å². The van der Waals surface area contributed by atoms with Gasteiger partial charge in [0.1, 0.15) is 5.75 Å². The summed E-state index contributed by atoms with van der Waals surface area (Å²) in [5.74, 6) is 0.101. The predicted octanol–water partition coefficient (Wildman–Crippen LogP) is 4.00. The Morgan fingerprint density at radius 3 is 2.80 bits per heavy atom. The smallest absolute Gasteiger partial charge is 0.416 e. The summed E-state index contributed by atoms with van der Waals surface area (Å²) in [5, 5.41) is 2.43. The lowest BCUT2D eigenvalue weighted by molar-refractivity contribution is -0.137. The van der Waals surface area contributed by atoms with Crippen LogP contribution in [-0.4, -0.2) is 17.5 Å². The van der Waals surface area contributed by atoms with Crippen molar-refractivity contribution >= 4 is 11.6 Å². The summed E-state index contributed by atoms with van der Waals surface area (Å²) in [7, 11) is 0. The van der Waals surface area contributed by atoms with Crippen molar-refractivity contribution in [2.24, 2.45) is 0 Å². The normalized spacial score (nSPS) is 13.9. The van der Waals surface area contributed by atoms with Crippen LogP contribution in [0.2, 0.25) is 0 Å². The molecule has 132 valence electrons. The number of aromatic nitrogens is 1. The largest absolute Gasteiger partial charge is 0.483 e. The van der Waals surface area contributed by atoms with Crippen LogP contribution >= 0.6 is 0 Å². The summed E-state index contributed by atoms with van der Waals surface area (Å²) in [6, 6.07) is 6.21. The summed E-state index contributed by atoms with van der Waals surface area (Å²) in [6.45, 7) is -0.271. The molecule has 1 aliphatic carbocycles. The first kappa shape index (κ1) is 17.3. The fraction of sp³-hybridized carbons (Fsp3) is 0.333. The van der Waals surface area contributed by atoms with Gasteiger partial charge in [0, 0.05) is 23.1 Å². The lowest BCUT2D eigenvalue weighted by Crippen LogP contribution is -2.21. The minimum Gasteiger partial charge on any atom is -0.483 e. The van der Waals surface area contributed by atoms with Gasteiger partial charge in [0.2, 0.25) is 0 Å². The first-order chi connectivity index (χ1) is 11.9. The number of ether oxygens (including phenoxy) is 1. The molecule has 0 bridgehead atoms. The highest BCUT2D eigenvalue weighted by atomic mass is 19.4. The summed E-state index contributed by atoms with van der Waals surface area (Å²) < 4.78 is 43.6. The lowest BCUT2D eigenvalue weighted by atomic mass is 9.95. The van der Waals surface area contributed by atoms with Gasteiger partial charge in [0.15, 0.2) is 6.61 Å². The van der Waals surface area contributed by atoms with E-state index in [-0.39, 0.29) is 12.3 Å². The number of benzene rings is 1. The van der Waals surface area contributed by atoms with Crippen molar-refractivity contribution in [3.63, 3.8) is 0 Å². The second-order valence-corrected chi connectivity index (χ2v) is 5.86. The van der Waals surface area contributed by atoms with E-state index in [4.69, 9.17) is 4.74 Å². The van der Waals surface area contributed by atoms with Crippen LogP contribution in [-0.2, 0) is 23.8 Å². The number of alkyl halides is 3. The van der Waals surface area contributed by atoms with Crippen molar-refractivity contribution in [1.29, 1.82) is 0 Å². The summed E-state index contributed by atoms with van der Waals surface area (Å²) >= 11 is 0. The fourth-order valence-electron chi connectivity index (χ4n) is 2.84. The van der Waals surface area contributed by atoms with Gasteiger partial charge >= 0.3 is 6.18 Å². The van der Waals surface area contributed by atoms with E-state index in [9.17, 15) is 18.0 Å². The van der Waals surface area contributed by atoms with E-state index in [1.165, 1.54) is 12.1 Å². The number of amides is 1. The number of hydrogen-bond donors (Lipinski definition) is 1. The summed E-state index contributed by atoms with van der Waals surface area (Å²) in [5.41, 5.74) is 1.28. The molecule has 1 aromatic heterocycles. The molecule has 1 aromatic carbocycles. The molecule has 0 saturated heterocycles. The Labute approximate surface area is 143 Å². The molecule has 1 aliphatic rings. The number of rotatable bonds is 4. The Morgan fingerprint density at radius 2 is 2.00 bits per heavy atom. The highest BCUT2D eigenvalue weighted by molar-refractivity contribution is 5.92. The van der Waals surface area contributed by atoms with E-state index >= 15 is 0 Å². The standard InChI is InChI=1S/C18H17F3N2O2/c19-18(20,21)12-4-3-5-13(10-12)23-17(24)11-25-16-8-9-22-15-7-2-1-6-14(15)16/h3-5,8-10H,1-2,6-7,11H2,(H,23,24). The second kappa shape index (κ2) is 7.13. The van der Waals surface area contributed by atoms with E-state index in [0.717, 1.165) is 49.1 Å². The van der Waals surface area contributed by atoms with E-state index in [0.29, 0.717) is 5.75 Å². The van der Waals surface area contributed by atoms with Crippen molar-refractivity contribution in [3.8, 4) is 5.75 Å². The number of hydrogen-bond acceptors (Lipinski definition) is 3. The maximum Gasteiger partial charge on any atom is 0.416 e. The number of pyridine rings is 1. The molecule has 1 heterocycles. The zero-order valence-electron chi connectivity index (χ0n) is 13.4. The van der Waals surface area contributed by atoms with Crippen LogP contribution in [0, 0.1) is 0 Å². The molecule has 7 heteroatoms. The van der Waals surface area contributed by atoms with Gasteiger partial charge in [-0.1, -0.05) is 6.07 Å². The highest BCUT2D eigenvalue weighted by Crippen LogP contribution is 2.31. The van der Waals surface area contributed by atoms with Gasteiger partial charge < -0.3 is 10.1 Å². The van der Waals surface area contributed by atoms with E-state index < -0.39 is 17.6 Å². The van der Waals surface area contributed by atoms with Crippen molar-refractivity contribution in [2.45, 2.75) is 31.9 Å². The minimum atomic E-state index is -4.45. The molecule has 2 aromatic rings. The molecular weight excluding hydrogens is 333 g/mol. The van der Waals surface area contributed by atoms with Gasteiger partial charge in [-0.05, 0) is 49.9 Å². The third-order valence-corrected chi connectivity index (χ3v) is 4.02. The van der Waals surface area contributed by atoms with E-state index in [1.807, 2.05) is 0 Å². The minimum absolute atomic E-state index is 0.0835. The Hall–Kier alpha value is -2.57. The first-order valence-electron chi connectivity index (χ1n) is 8.00. The molecular formula is C18H17F3N2O2. The Bertz CT molecular complexity index is 775.